The van der Waals surface area contributed by atoms with Gasteiger partial charge in [0, 0.05) is 26.9 Å². The molecule has 6 aromatic carbocycles. The molecule has 12 aromatic rings. The van der Waals surface area contributed by atoms with Crippen molar-refractivity contribution in [2.24, 2.45) is 0 Å². The zero-order chi connectivity index (χ0) is 67.0. The molecule has 0 radical (unpaired) electrons. The summed E-state index contributed by atoms with van der Waals surface area (Å²) in [4.78, 5) is 9.73. The summed E-state index contributed by atoms with van der Waals surface area (Å²) in [6.07, 6.45) is 4.89. The Bertz CT molecular complexity index is 5080. The summed E-state index contributed by atoms with van der Waals surface area (Å²) in [5.41, 5.74) is 15.2. The molecule has 0 unspecified atom stereocenters. The van der Waals surface area contributed by atoms with Gasteiger partial charge in [0.05, 0.1) is 109 Å². The third kappa shape index (κ3) is 14.8. The van der Waals surface area contributed by atoms with Gasteiger partial charge < -0.3 is 10.5 Å². The normalized spacial score (nSPS) is 12.4. The van der Waals surface area contributed by atoms with Gasteiger partial charge in [-0.2, -0.15) is 25.5 Å². The lowest BCUT2D eigenvalue weighted by atomic mass is 9.87. The molecule has 6 heterocycles. The highest BCUT2D eigenvalue weighted by Crippen LogP contribution is 2.34. The first-order valence-corrected chi connectivity index (χ1v) is 35.2. The Balaban J connectivity index is 0.000000153. The number of anilines is 1. The number of fused-ring (bicyclic) bond motifs is 3. The molecule has 0 bridgehead atoms. The maximum absolute atomic E-state index is 13.2. The van der Waals surface area contributed by atoms with E-state index in [9.17, 15) is 25.3 Å². The molecule has 6 aromatic heterocycles. The first kappa shape index (κ1) is 66.5. The van der Waals surface area contributed by atoms with E-state index >= 15 is 0 Å². The van der Waals surface area contributed by atoms with E-state index < -0.39 is 29.5 Å². The number of sulfone groups is 3. The van der Waals surface area contributed by atoms with Crippen LogP contribution in [0.4, 0.5) is 5.82 Å². The number of benzene rings is 6. The Morgan fingerprint density at radius 1 is 0.419 bits per heavy atom. The summed E-state index contributed by atoms with van der Waals surface area (Å²) in [6, 6.07) is 49.8. The standard InChI is InChI=1S/C25H27N3O3S.C24H26N4O2S.C23H24N4O2S/c1-17-14-19(16-32(29,30)20-12-10-18(11-13-20)25(2,3)4)28(27-17)24-22-9-7-6-8-21(22)23(31-5)15-26-24;1-16-13-18(15-31(29,30)19-11-9-17(10-12-19)24(2,3)4)28(27-16)22-14-26-23(25)21-8-6-5-7-20(21)22;1-16-13-18(15-30(28,29)19-11-9-17(10-12-19)23(2,3)4)27(26-16)22-14-24-25-21-8-6-5-7-20(21)22/h6-15H,16H2,1-5H3;5-14H,15H2,1-4H3,(H2,25,26);5-14H,15H2,1-4H3. The molecule has 0 atom stereocenters. The number of pyridine rings is 2. The smallest absolute Gasteiger partial charge is 0.184 e. The molecule has 0 saturated carbocycles. The van der Waals surface area contributed by atoms with Crippen molar-refractivity contribution in [1.82, 2.24) is 49.5 Å². The largest absolute Gasteiger partial charge is 0.494 e. The van der Waals surface area contributed by atoms with Gasteiger partial charge in [-0.05, 0) is 114 Å². The van der Waals surface area contributed by atoms with Gasteiger partial charge in [0.1, 0.15) is 11.6 Å². The summed E-state index contributed by atoms with van der Waals surface area (Å²) in [7, 11) is -9.07. The van der Waals surface area contributed by atoms with Gasteiger partial charge in [-0.1, -0.05) is 165 Å². The lowest BCUT2D eigenvalue weighted by Gasteiger charge is -2.19. The number of hydrogen-bond donors (Lipinski definition) is 1. The van der Waals surface area contributed by atoms with Crippen LogP contribution in [0.25, 0.3) is 49.6 Å². The van der Waals surface area contributed by atoms with Crippen molar-refractivity contribution in [3.8, 4) is 22.9 Å². The summed E-state index contributed by atoms with van der Waals surface area (Å²) >= 11 is 0. The fraction of sp³-hybridized carbons (Fsp3) is 0.264. The van der Waals surface area contributed by atoms with Gasteiger partial charge in [0.25, 0.3) is 0 Å². The Hall–Kier alpha value is -9.44. The van der Waals surface area contributed by atoms with E-state index in [4.69, 9.17) is 10.5 Å². The molecular formula is C72H77N11O7S3. The van der Waals surface area contributed by atoms with Crippen molar-refractivity contribution in [3.05, 3.63) is 233 Å². The van der Waals surface area contributed by atoms with Crippen molar-refractivity contribution in [3.63, 3.8) is 0 Å². The monoisotopic (exact) mass is 1300 g/mol. The van der Waals surface area contributed by atoms with Gasteiger partial charge in [-0.3, -0.25) is 0 Å². The quantitative estimate of drug-likeness (QED) is 0.113. The maximum atomic E-state index is 13.2. The third-order valence-corrected chi connectivity index (χ3v) is 20.9. The molecule has 12 rings (SSSR count). The highest BCUT2D eigenvalue weighted by Gasteiger charge is 2.27. The molecule has 21 heteroatoms. The van der Waals surface area contributed by atoms with Crippen LogP contribution in [0.5, 0.6) is 5.75 Å². The van der Waals surface area contributed by atoms with E-state index in [0.717, 1.165) is 66.2 Å². The summed E-state index contributed by atoms with van der Waals surface area (Å²) in [5, 5.41) is 26.1. The minimum atomic E-state index is -3.57. The molecule has 0 fully saturated rings. The van der Waals surface area contributed by atoms with E-state index in [1.165, 1.54) is 0 Å². The highest BCUT2D eigenvalue weighted by molar-refractivity contribution is 7.91. The van der Waals surface area contributed by atoms with Crippen LogP contribution < -0.4 is 10.5 Å². The molecule has 0 saturated heterocycles. The lowest BCUT2D eigenvalue weighted by molar-refractivity contribution is 0.418. The number of rotatable bonds is 13. The molecule has 480 valence electrons. The van der Waals surface area contributed by atoms with Crippen molar-refractivity contribution < 1.29 is 30.0 Å². The van der Waals surface area contributed by atoms with Crippen LogP contribution >= 0.6 is 0 Å². The molecule has 18 nitrogen and oxygen atoms in total. The fourth-order valence-corrected chi connectivity index (χ4v) is 14.8. The average Bonchev–Trinajstić information content (AvgIpc) is 1.76. The van der Waals surface area contributed by atoms with Crippen LogP contribution in [-0.2, 0) is 63.0 Å². The van der Waals surface area contributed by atoms with Gasteiger partial charge >= 0.3 is 0 Å². The van der Waals surface area contributed by atoms with Crippen molar-refractivity contribution >= 4 is 67.8 Å². The highest BCUT2D eigenvalue weighted by atomic mass is 32.2. The van der Waals surface area contributed by atoms with E-state index in [0.29, 0.717) is 60.5 Å². The van der Waals surface area contributed by atoms with Gasteiger partial charge in [-0.15, -0.1) is 0 Å². The summed E-state index contributed by atoms with van der Waals surface area (Å²) in [5.74, 6) is 1.16. The number of ether oxygens (including phenoxy) is 1. The minimum absolute atomic E-state index is 0.0343. The predicted molar refractivity (Wildman–Crippen MR) is 368 cm³/mol. The van der Waals surface area contributed by atoms with Crippen LogP contribution in [-0.4, -0.2) is 81.9 Å². The van der Waals surface area contributed by atoms with Crippen molar-refractivity contribution in [2.75, 3.05) is 12.8 Å². The fourth-order valence-electron chi connectivity index (χ4n) is 10.9. The van der Waals surface area contributed by atoms with Gasteiger partial charge in [0.15, 0.2) is 35.3 Å². The van der Waals surface area contributed by atoms with Crippen LogP contribution in [0.1, 0.15) is 113 Å². The summed E-state index contributed by atoms with van der Waals surface area (Å²) in [6.45, 7) is 24.4. The zero-order valence-electron chi connectivity index (χ0n) is 54.6. The average molecular weight is 1300 g/mol. The zero-order valence-corrected chi connectivity index (χ0v) is 57.0. The predicted octanol–water partition coefficient (Wildman–Crippen LogP) is 14.0. The number of nitrogens with two attached hydrogens (primary N) is 1. The Morgan fingerprint density at radius 3 is 1.22 bits per heavy atom. The number of nitrogens with zero attached hydrogens (tertiary/aromatic N) is 10. The molecular weight excluding hydrogens is 1230 g/mol. The lowest BCUT2D eigenvalue weighted by Crippen LogP contribution is -2.13. The van der Waals surface area contributed by atoms with Crippen LogP contribution in [0.15, 0.2) is 197 Å². The number of nitrogen functional groups attached to an aromatic ring is 1. The molecule has 93 heavy (non-hydrogen) atoms. The second-order valence-electron chi connectivity index (χ2n) is 26.2. The van der Waals surface area contributed by atoms with Crippen LogP contribution in [0.2, 0.25) is 0 Å². The molecule has 2 N–H and O–H groups in total. The van der Waals surface area contributed by atoms with Gasteiger partial charge in [0.2, 0.25) is 0 Å². The van der Waals surface area contributed by atoms with Crippen LogP contribution in [0.3, 0.4) is 0 Å². The topological polar surface area (TPSA) is 243 Å². The first-order valence-electron chi connectivity index (χ1n) is 30.2. The molecule has 0 aliphatic carbocycles. The minimum Gasteiger partial charge on any atom is -0.494 e. The number of hydrogen-bond acceptors (Lipinski definition) is 15. The Morgan fingerprint density at radius 2 is 0.785 bits per heavy atom. The summed E-state index contributed by atoms with van der Waals surface area (Å²) < 4.78 is 89.5. The Kier molecular flexibility index (Phi) is 18.5. The molecule has 0 spiro atoms. The number of methoxy groups -OCH3 is 1. The number of aromatic nitrogens is 10. The van der Waals surface area contributed by atoms with Gasteiger partial charge in [-0.25, -0.2) is 49.3 Å². The second kappa shape index (κ2) is 25.9. The molecule has 0 amide bonds. The van der Waals surface area contributed by atoms with E-state index in [1.54, 1.807) is 94.3 Å². The Labute approximate surface area is 544 Å². The van der Waals surface area contributed by atoms with E-state index in [1.807, 2.05) is 130 Å². The molecule has 0 aliphatic heterocycles. The second-order valence-corrected chi connectivity index (χ2v) is 32.2. The SMILES string of the molecule is COc1cnc(-n2nc(C)cc2CS(=O)(=O)c2ccc(C(C)(C)C)cc2)c2ccccc12.Cc1cc(CS(=O)(=O)c2ccc(C(C)(C)C)cc2)n(-c2cnc(N)c3ccccc23)n1.Cc1cc(CS(=O)(=O)c2ccc(C(C)(C)C)cc2)n(-c2cnnc3ccccc23)n1. The third-order valence-electron chi connectivity index (χ3n) is 15.9. The van der Waals surface area contributed by atoms with E-state index in [2.05, 4.69) is 97.8 Å². The maximum Gasteiger partial charge on any atom is 0.184 e. The number of aryl methyl sites for hydroxylation is 3. The van der Waals surface area contributed by atoms with E-state index in [-0.39, 0.29) is 33.5 Å². The van der Waals surface area contributed by atoms with Crippen molar-refractivity contribution in [2.45, 2.75) is 131 Å². The first-order chi connectivity index (χ1) is 43.8. The van der Waals surface area contributed by atoms with Crippen LogP contribution in [0, 0.1) is 20.8 Å². The van der Waals surface area contributed by atoms with Crippen molar-refractivity contribution in [1.29, 1.82) is 0 Å². The molecule has 0 aliphatic rings.